The van der Waals surface area contributed by atoms with E-state index in [4.69, 9.17) is 0 Å². The highest BCUT2D eigenvalue weighted by Crippen LogP contribution is 2.22. The number of amides is 2. The Kier molecular flexibility index (Phi) is 1.87. The first-order chi connectivity index (χ1) is 6.93. The summed E-state index contributed by atoms with van der Waals surface area (Å²) in [5, 5.41) is 0. The second-order valence-corrected chi connectivity index (χ2v) is 4.87. The maximum Gasteiger partial charge on any atom is 0.294 e. The molecule has 2 amide bonds. The van der Waals surface area contributed by atoms with Crippen molar-refractivity contribution in [3.8, 4) is 0 Å². The van der Waals surface area contributed by atoms with Crippen LogP contribution >= 0.6 is 0 Å². The van der Waals surface area contributed by atoms with Crippen molar-refractivity contribution in [3.05, 3.63) is 29.6 Å². The highest BCUT2D eigenvalue weighted by atomic mass is 32.2. The number of hydrogen-bond acceptors (Lipinski definition) is 5. The van der Waals surface area contributed by atoms with E-state index in [2.05, 4.69) is 4.98 Å². The highest BCUT2D eigenvalue weighted by Gasteiger charge is 2.42. The maximum absolute atomic E-state index is 11.5. The van der Waals surface area contributed by atoms with Gasteiger partial charge in [-0.3, -0.25) is 14.6 Å². The Bertz CT molecular complexity index is 529. The zero-order valence-electron chi connectivity index (χ0n) is 7.67. The Hall–Kier alpha value is -1.76. The minimum absolute atomic E-state index is 0.0212. The minimum Gasteiger partial charge on any atom is -0.267 e. The fourth-order valence-electron chi connectivity index (χ4n) is 1.35. The van der Waals surface area contributed by atoms with Gasteiger partial charge in [-0.2, -0.15) is 4.31 Å². The normalized spacial score (nSPS) is 15.7. The van der Waals surface area contributed by atoms with E-state index in [1.165, 1.54) is 18.3 Å². The first kappa shape index (κ1) is 9.78. The predicted octanol–water partition coefficient (Wildman–Crippen LogP) is -0.363. The second-order valence-electron chi connectivity index (χ2n) is 3.04. The molecular formula is C8H6N2O4S. The van der Waals surface area contributed by atoms with E-state index < -0.39 is 21.8 Å². The summed E-state index contributed by atoms with van der Waals surface area (Å²) in [5.41, 5.74) is -0.0964. The van der Waals surface area contributed by atoms with Gasteiger partial charge in [-0.1, -0.05) is 0 Å². The van der Waals surface area contributed by atoms with E-state index in [0.29, 0.717) is 0 Å². The van der Waals surface area contributed by atoms with Crippen molar-refractivity contribution in [2.24, 2.45) is 0 Å². The van der Waals surface area contributed by atoms with Crippen LogP contribution in [0, 0.1) is 0 Å². The van der Waals surface area contributed by atoms with E-state index in [9.17, 15) is 18.0 Å². The highest BCUT2D eigenvalue weighted by molar-refractivity contribution is 7.89. The van der Waals surface area contributed by atoms with Crippen LogP contribution in [0.3, 0.4) is 0 Å². The monoisotopic (exact) mass is 226 g/mol. The van der Waals surface area contributed by atoms with Gasteiger partial charge in [0.05, 0.1) is 11.8 Å². The molecule has 0 aromatic carbocycles. The quantitative estimate of drug-likeness (QED) is 0.610. The molecule has 0 saturated carbocycles. The average molecular weight is 226 g/mol. The Morgan fingerprint density at radius 1 is 1.27 bits per heavy atom. The number of carbonyl (C=O) groups excluding carboxylic acids is 2. The summed E-state index contributed by atoms with van der Waals surface area (Å²) >= 11 is 0. The smallest absolute Gasteiger partial charge is 0.267 e. The van der Waals surface area contributed by atoms with Crippen molar-refractivity contribution >= 4 is 21.8 Å². The van der Waals surface area contributed by atoms with Crippen LogP contribution in [-0.2, 0) is 10.0 Å². The third kappa shape index (κ3) is 1.32. The van der Waals surface area contributed by atoms with Crippen molar-refractivity contribution in [3.63, 3.8) is 0 Å². The molecule has 2 heterocycles. The predicted molar refractivity (Wildman–Crippen MR) is 49.6 cm³/mol. The van der Waals surface area contributed by atoms with Gasteiger partial charge in [-0.25, -0.2) is 8.42 Å². The molecule has 1 aliphatic rings. The van der Waals surface area contributed by atoms with Gasteiger partial charge in [0.25, 0.3) is 11.8 Å². The van der Waals surface area contributed by atoms with Gasteiger partial charge >= 0.3 is 0 Å². The van der Waals surface area contributed by atoms with Crippen molar-refractivity contribution < 1.29 is 18.0 Å². The van der Waals surface area contributed by atoms with Crippen molar-refractivity contribution in [1.82, 2.24) is 9.29 Å². The first-order valence-electron chi connectivity index (χ1n) is 3.97. The van der Waals surface area contributed by atoms with Gasteiger partial charge in [-0.05, 0) is 12.1 Å². The van der Waals surface area contributed by atoms with Gasteiger partial charge in [0.1, 0.15) is 5.69 Å². The molecule has 78 valence electrons. The molecule has 0 N–H and O–H groups in total. The first-order valence-corrected chi connectivity index (χ1v) is 5.82. The minimum atomic E-state index is -3.87. The van der Waals surface area contributed by atoms with Crippen LogP contribution in [0.15, 0.2) is 18.3 Å². The number of imide groups is 1. The zero-order valence-corrected chi connectivity index (χ0v) is 8.48. The summed E-state index contributed by atoms with van der Waals surface area (Å²) < 4.78 is 22.6. The van der Waals surface area contributed by atoms with E-state index in [-0.39, 0.29) is 15.6 Å². The van der Waals surface area contributed by atoms with Crippen molar-refractivity contribution in [2.45, 2.75) is 0 Å². The molecule has 2 rings (SSSR count). The summed E-state index contributed by atoms with van der Waals surface area (Å²) in [6.07, 6.45) is 2.13. The molecule has 1 aliphatic heterocycles. The Morgan fingerprint density at radius 2 is 1.93 bits per heavy atom. The fraction of sp³-hybridized carbons (Fsp3) is 0.125. The molecule has 0 radical (unpaired) electrons. The van der Waals surface area contributed by atoms with Crippen LogP contribution in [0.2, 0.25) is 0 Å². The lowest BCUT2D eigenvalue weighted by molar-refractivity contribution is 0.0764. The lowest BCUT2D eigenvalue weighted by atomic mass is 10.2. The van der Waals surface area contributed by atoms with Crippen molar-refractivity contribution in [1.29, 1.82) is 0 Å². The zero-order chi connectivity index (χ0) is 11.2. The molecule has 1 aromatic heterocycles. The summed E-state index contributed by atoms with van der Waals surface area (Å²) in [4.78, 5) is 26.7. The molecular weight excluding hydrogens is 220 g/mol. The number of carbonyl (C=O) groups is 2. The number of sulfonamides is 1. The van der Waals surface area contributed by atoms with Gasteiger partial charge in [0.2, 0.25) is 10.0 Å². The molecule has 0 aliphatic carbocycles. The number of hydrogen-bond donors (Lipinski definition) is 0. The molecule has 0 saturated heterocycles. The van der Waals surface area contributed by atoms with Crippen LogP contribution in [0.1, 0.15) is 20.8 Å². The Morgan fingerprint density at radius 3 is 2.47 bits per heavy atom. The SMILES string of the molecule is CS(=O)(=O)N1C(=O)c2cccnc2C1=O. The molecule has 15 heavy (non-hydrogen) atoms. The lowest BCUT2D eigenvalue weighted by Crippen LogP contribution is -2.35. The van der Waals surface area contributed by atoms with E-state index in [1.54, 1.807) is 0 Å². The van der Waals surface area contributed by atoms with Gasteiger partial charge < -0.3 is 0 Å². The Labute approximate surface area is 85.6 Å². The van der Waals surface area contributed by atoms with E-state index >= 15 is 0 Å². The van der Waals surface area contributed by atoms with Gasteiger partial charge in [0, 0.05) is 6.20 Å². The summed E-state index contributed by atoms with van der Waals surface area (Å²) in [7, 11) is -3.87. The summed E-state index contributed by atoms with van der Waals surface area (Å²) in [6, 6.07) is 2.84. The van der Waals surface area contributed by atoms with Crippen molar-refractivity contribution in [2.75, 3.05) is 6.26 Å². The fourth-order valence-corrected chi connectivity index (χ4v) is 2.13. The summed E-state index contributed by atoms with van der Waals surface area (Å²) in [6.45, 7) is 0. The molecule has 0 unspecified atom stereocenters. The van der Waals surface area contributed by atoms with Gasteiger partial charge in [-0.15, -0.1) is 0 Å². The van der Waals surface area contributed by atoms with Crippen LogP contribution in [0.25, 0.3) is 0 Å². The lowest BCUT2D eigenvalue weighted by Gasteiger charge is -2.08. The maximum atomic E-state index is 11.5. The van der Waals surface area contributed by atoms with E-state index in [0.717, 1.165) is 6.26 Å². The van der Waals surface area contributed by atoms with Crippen LogP contribution < -0.4 is 0 Å². The molecule has 7 heteroatoms. The van der Waals surface area contributed by atoms with Gasteiger partial charge in [0.15, 0.2) is 0 Å². The molecule has 0 spiro atoms. The topological polar surface area (TPSA) is 84.4 Å². The number of fused-ring (bicyclic) bond motifs is 1. The molecule has 0 bridgehead atoms. The van der Waals surface area contributed by atoms with Crippen LogP contribution in [-0.4, -0.2) is 35.8 Å². The number of pyridine rings is 1. The Balaban J connectivity index is 2.66. The largest absolute Gasteiger partial charge is 0.294 e. The molecule has 0 fully saturated rings. The number of nitrogens with zero attached hydrogens (tertiary/aromatic N) is 2. The average Bonchev–Trinajstić information content (AvgIpc) is 2.39. The van der Waals surface area contributed by atoms with Crippen LogP contribution in [0.4, 0.5) is 0 Å². The third-order valence-electron chi connectivity index (χ3n) is 1.94. The standard InChI is InChI=1S/C8H6N2O4S/c1-15(13,14)10-7(11)5-3-2-4-9-6(5)8(10)12/h2-4H,1H3. The number of rotatable bonds is 1. The molecule has 1 aromatic rings. The third-order valence-corrected chi connectivity index (χ3v) is 2.94. The molecule has 0 atom stereocenters. The van der Waals surface area contributed by atoms with Crippen LogP contribution in [0.5, 0.6) is 0 Å². The van der Waals surface area contributed by atoms with E-state index in [1.807, 2.05) is 0 Å². The second kappa shape index (κ2) is 2.86. The molecule has 6 nitrogen and oxygen atoms in total. The number of aromatic nitrogens is 1. The summed E-state index contributed by atoms with van der Waals surface area (Å²) in [5.74, 6) is -1.73.